The summed E-state index contributed by atoms with van der Waals surface area (Å²) in [7, 11) is 0. The molecule has 5 heteroatoms. The Hall–Kier alpha value is -1.78. The van der Waals surface area contributed by atoms with Crippen molar-refractivity contribution in [2.45, 2.75) is 20.0 Å². The first-order chi connectivity index (χ1) is 8.71. The van der Waals surface area contributed by atoms with E-state index in [9.17, 15) is 18.0 Å². The standard InChI is InChI=1S/C14H15F3O2/c1-9(2)12(13(18)19)8-5-10-3-6-11(7-4-10)14(15,16)17/h3-9,12H,1-2H3,(H,18,19). The summed E-state index contributed by atoms with van der Waals surface area (Å²) in [4.78, 5) is 10.9. The number of hydrogen-bond donors (Lipinski definition) is 1. The SMILES string of the molecule is CC(C)C(C=Cc1ccc(C(F)(F)F)cc1)C(=O)O. The summed E-state index contributed by atoms with van der Waals surface area (Å²) < 4.78 is 37.0. The molecule has 2 nitrogen and oxygen atoms in total. The maximum Gasteiger partial charge on any atom is 0.416 e. The van der Waals surface area contributed by atoms with Crippen molar-refractivity contribution in [3.05, 3.63) is 41.5 Å². The van der Waals surface area contributed by atoms with Crippen molar-refractivity contribution in [1.29, 1.82) is 0 Å². The molecule has 0 aromatic heterocycles. The van der Waals surface area contributed by atoms with E-state index in [1.54, 1.807) is 13.8 Å². The van der Waals surface area contributed by atoms with Crippen molar-refractivity contribution in [3.63, 3.8) is 0 Å². The molecule has 19 heavy (non-hydrogen) atoms. The average Bonchev–Trinajstić information content (AvgIpc) is 2.27. The first kappa shape index (κ1) is 15.3. The number of benzene rings is 1. The Kier molecular flexibility index (Phi) is 4.75. The number of halogens is 3. The second-order valence-corrected chi connectivity index (χ2v) is 4.59. The first-order valence-corrected chi connectivity index (χ1v) is 5.80. The van der Waals surface area contributed by atoms with E-state index in [2.05, 4.69) is 0 Å². The zero-order valence-corrected chi connectivity index (χ0v) is 10.6. The Labute approximate surface area is 109 Å². The fourth-order valence-corrected chi connectivity index (χ4v) is 1.59. The van der Waals surface area contributed by atoms with E-state index in [0.29, 0.717) is 5.56 Å². The number of carbonyl (C=O) groups is 1. The van der Waals surface area contributed by atoms with Gasteiger partial charge in [-0.25, -0.2) is 0 Å². The Morgan fingerprint density at radius 1 is 1.21 bits per heavy atom. The molecule has 1 aromatic carbocycles. The van der Waals surface area contributed by atoms with E-state index in [-0.39, 0.29) is 5.92 Å². The van der Waals surface area contributed by atoms with Crippen molar-refractivity contribution in [3.8, 4) is 0 Å². The molecule has 0 aliphatic rings. The lowest BCUT2D eigenvalue weighted by atomic mass is 9.95. The van der Waals surface area contributed by atoms with Crippen molar-refractivity contribution < 1.29 is 23.1 Å². The maximum absolute atomic E-state index is 12.3. The van der Waals surface area contributed by atoms with Gasteiger partial charge in [0.25, 0.3) is 0 Å². The second kappa shape index (κ2) is 5.91. The van der Waals surface area contributed by atoms with Gasteiger partial charge < -0.3 is 5.11 Å². The van der Waals surface area contributed by atoms with Crippen LogP contribution in [0.3, 0.4) is 0 Å². The summed E-state index contributed by atoms with van der Waals surface area (Å²) in [6.45, 7) is 3.55. The highest BCUT2D eigenvalue weighted by Crippen LogP contribution is 2.29. The van der Waals surface area contributed by atoms with Gasteiger partial charge in [-0.3, -0.25) is 4.79 Å². The maximum atomic E-state index is 12.3. The third kappa shape index (κ3) is 4.43. The summed E-state index contributed by atoms with van der Waals surface area (Å²) in [5.41, 5.74) is -0.178. The van der Waals surface area contributed by atoms with Crippen LogP contribution in [-0.2, 0) is 11.0 Å². The van der Waals surface area contributed by atoms with E-state index < -0.39 is 23.6 Å². The summed E-state index contributed by atoms with van der Waals surface area (Å²) in [5, 5.41) is 8.97. The number of rotatable bonds is 4. The lowest BCUT2D eigenvalue weighted by Crippen LogP contribution is -2.16. The molecular formula is C14H15F3O2. The molecule has 1 N–H and O–H groups in total. The van der Waals surface area contributed by atoms with Crippen LogP contribution in [0.2, 0.25) is 0 Å². The molecule has 1 rings (SSSR count). The third-order valence-corrected chi connectivity index (χ3v) is 2.74. The van der Waals surface area contributed by atoms with Crippen LogP contribution in [0.4, 0.5) is 13.2 Å². The molecule has 0 heterocycles. The molecule has 1 aromatic rings. The minimum absolute atomic E-state index is 0.0804. The van der Waals surface area contributed by atoms with Crippen LogP contribution < -0.4 is 0 Å². The van der Waals surface area contributed by atoms with Crippen molar-refractivity contribution >= 4 is 12.0 Å². The molecule has 0 aliphatic carbocycles. The molecule has 0 bridgehead atoms. The number of aliphatic carboxylic acids is 1. The fourth-order valence-electron chi connectivity index (χ4n) is 1.59. The predicted molar refractivity (Wildman–Crippen MR) is 66.4 cm³/mol. The topological polar surface area (TPSA) is 37.3 Å². The van der Waals surface area contributed by atoms with E-state index in [1.165, 1.54) is 24.3 Å². The monoisotopic (exact) mass is 272 g/mol. The lowest BCUT2D eigenvalue weighted by molar-refractivity contribution is -0.141. The summed E-state index contributed by atoms with van der Waals surface area (Å²) in [6.07, 6.45) is -1.34. The van der Waals surface area contributed by atoms with Crippen LogP contribution >= 0.6 is 0 Å². The van der Waals surface area contributed by atoms with Crippen LogP contribution in [0.5, 0.6) is 0 Å². The second-order valence-electron chi connectivity index (χ2n) is 4.59. The van der Waals surface area contributed by atoms with Gasteiger partial charge >= 0.3 is 12.1 Å². The van der Waals surface area contributed by atoms with Gasteiger partial charge in [0.05, 0.1) is 11.5 Å². The molecule has 1 unspecified atom stereocenters. The van der Waals surface area contributed by atoms with Crippen LogP contribution in [0, 0.1) is 11.8 Å². The minimum atomic E-state index is -4.36. The van der Waals surface area contributed by atoms with Gasteiger partial charge in [0.1, 0.15) is 0 Å². The fraction of sp³-hybridized carbons (Fsp3) is 0.357. The molecule has 0 radical (unpaired) electrons. The third-order valence-electron chi connectivity index (χ3n) is 2.74. The number of carboxylic acids is 1. The largest absolute Gasteiger partial charge is 0.481 e. The number of carboxylic acid groups (broad SMARTS) is 1. The summed E-state index contributed by atoms with van der Waals surface area (Å²) >= 11 is 0. The van der Waals surface area contributed by atoms with Crippen molar-refractivity contribution in [2.24, 2.45) is 11.8 Å². The van der Waals surface area contributed by atoms with Gasteiger partial charge in [-0.05, 0) is 23.6 Å². The van der Waals surface area contributed by atoms with Gasteiger partial charge in [-0.2, -0.15) is 13.2 Å². The van der Waals surface area contributed by atoms with E-state index in [0.717, 1.165) is 12.1 Å². The van der Waals surface area contributed by atoms with E-state index in [4.69, 9.17) is 5.11 Å². The highest BCUT2D eigenvalue weighted by Gasteiger charge is 2.29. The molecule has 0 saturated heterocycles. The minimum Gasteiger partial charge on any atom is -0.481 e. The highest BCUT2D eigenvalue weighted by atomic mass is 19.4. The Bertz CT molecular complexity index is 459. The summed E-state index contributed by atoms with van der Waals surface area (Å²) in [6, 6.07) is 4.59. The number of alkyl halides is 3. The Balaban J connectivity index is 2.86. The smallest absolute Gasteiger partial charge is 0.416 e. The lowest BCUT2D eigenvalue weighted by Gasteiger charge is -2.11. The van der Waals surface area contributed by atoms with E-state index >= 15 is 0 Å². The summed E-state index contributed by atoms with van der Waals surface area (Å²) in [5.74, 6) is -1.68. The molecule has 0 amide bonds. The number of hydrogen-bond acceptors (Lipinski definition) is 1. The molecule has 0 saturated carbocycles. The van der Waals surface area contributed by atoms with Crippen molar-refractivity contribution in [2.75, 3.05) is 0 Å². The average molecular weight is 272 g/mol. The Morgan fingerprint density at radius 2 is 1.74 bits per heavy atom. The molecule has 1 atom stereocenters. The van der Waals surface area contributed by atoms with Gasteiger partial charge in [0, 0.05) is 0 Å². The molecule has 0 aliphatic heterocycles. The van der Waals surface area contributed by atoms with Gasteiger partial charge in [-0.1, -0.05) is 38.1 Å². The van der Waals surface area contributed by atoms with Crippen LogP contribution in [0.25, 0.3) is 6.08 Å². The molecule has 0 fully saturated rings. The predicted octanol–water partition coefficient (Wildman–Crippen LogP) is 4.08. The van der Waals surface area contributed by atoms with Crippen LogP contribution in [-0.4, -0.2) is 11.1 Å². The zero-order valence-electron chi connectivity index (χ0n) is 10.6. The zero-order chi connectivity index (χ0) is 14.6. The van der Waals surface area contributed by atoms with Gasteiger partial charge in [-0.15, -0.1) is 0 Å². The quantitative estimate of drug-likeness (QED) is 0.896. The van der Waals surface area contributed by atoms with E-state index in [1.807, 2.05) is 0 Å². The molecule has 0 spiro atoms. The van der Waals surface area contributed by atoms with Crippen LogP contribution in [0.15, 0.2) is 30.3 Å². The van der Waals surface area contributed by atoms with Crippen LogP contribution in [0.1, 0.15) is 25.0 Å². The molecular weight excluding hydrogens is 257 g/mol. The molecule has 104 valence electrons. The van der Waals surface area contributed by atoms with Gasteiger partial charge in [0.2, 0.25) is 0 Å². The first-order valence-electron chi connectivity index (χ1n) is 5.80. The Morgan fingerprint density at radius 3 is 2.11 bits per heavy atom. The van der Waals surface area contributed by atoms with Gasteiger partial charge in [0.15, 0.2) is 0 Å². The van der Waals surface area contributed by atoms with Crippen molar-refractivity contribution in [1.82, 2.24) is 0 Å². The normalized spacial score (nSPS) is 14.0. The highest BCUT2D eigenvalue weighted by molar-refractivity contribution is 5.74.